The minimum absolute atomic E-state index is 0.0645. The predicted octanol–water partition coefficient (Wildman–Crippen LogP) is 3.05. The van der Waals surface area contributed by atoms with Crippen LogP contribution in [0.15, 0.2) is 42.6 Å². The molecule has 1 fully saturated rings. The van der Waals surface area contributed by atoms with Crippen molar-refractivity contribution in [2.75, 3.05) is 11.4 Å². The lowest BCUT2D eigenvalue weighted by Crippen LogP contribution is -2.37. The van der Waals surface area contributed by atoms with Gasteiger partial charge in [-0.2, -0.15) is 0 Å². The molecule has 1 aromatic heterocycles. The second-order valence-corrected chi connectivity index (χ2v) is 4.88. The molecule has 3 heteroatoms. The summed E-state index contributed by atoms with van der Waals surface area (Å²) in [5.41, 5.74) is 3.21. The third-order valence-corrected chi connectivity index (χ3v) is 3.24. The van der Waals surface area contributed by atoms with E-state index >= 15 is 0 Å². The average Bonchev–Trinajstić information content (AvgIpc) is 2.36. The molecule has 0 atom stereocenters. The lowest BCUT2D eigenvalue weighted by Gasteiger charge is -2.29. The van der Waals surface area contributed by atoms with Crippen molar-refractivity contribution in [1.82, 2.24) is 4.98 Å². The highest BCUT2D eigenvalue weighted by Gasteiger charge is 2.25. The third kappa shape index (κ3) is 2.21. The van der Waals surface area contributed by atoms with Crippen LogP contribution in [0.5, 0.6) is 0 Å². The zero-order chi connectivity index (χ0) is 13.3. The minimum atomic E-state index is -0.0645. The summed E-state index contributed by atoms with van der Waals surface area (Å²) >= 11 is 0. The van der Waals surface area contributed by atoms with E-state index in [1.807, 2.05) is 12.1 Å². The van der Waals surface area contributed by atoms with Gasteiger partial charge in [0, 0.05) is 17.8 Å². The fraction of sp³-hybridized carbons (Fsp3) is 0.333. The second kappa shape index (κ2) is 4.77. The quantitative estimate of drug-likeness (QED) is 0.747. The number of amides is 1. The van der Waals surface area contributed by atoms with Crippen LogP contribution in [0.2, 0.25) is 0 Å². The van der Waals surface area contributed by atoms with E-state index in [1.165, 1.54) is 0 Å². The molecule has 2 rings (SSSR count). The van der Waals surface area contributed by atoms with Crippen LogP contribution in [0, 0.1) is 0 Å². The number of rotatable bonds is 2. The molecule has 1 aliphatic rings. The fourth-order valence-corrected chi connectivity index (χ4v) is 1.96. The number of nitrogens with zero attached hydrogens (tertiary/aromatic N) is 2. The van der Waals surface area contributed by atoms with Crippen LogP contribution in [0.4, 0.5) is 5.69 Å². The fourth-order valence-electron chi connectivity index (χ4n) is 1.96. The Morgan fingerprint density at radius 3 is 2.61 bits per heavy atom. The van der Waals surface area contributed by atoms with Crippen LogP contribution in [0.3, 0.4) is 0 Å². The van der Waals surface area contributed by atoms with Gasteiger partial charge in [0.2, 0.25) is 0 Å². The van der Waals surface area contributed by atoms with Crippen LogP contribution in [-0.2, 0) is 4.79 Å². The van der Waals surface area contributed by atoms with E-state index < -0.39 is 0 Å². The van der Waals surface area contributed by atoms with E-state index in [-0.39, 0.29) is 5.91 Å². The smallest absolute Gasteiger partial charge is 0.257 e. The Balaban J connectivity index is 2.24. The van der Waals surface area contributed by atoms with Crippen LogP contribution in [-0.4, -0.2) is 17.4 Å². The summed E-state index contributed by atoms with van der Waals surface area (Å²) in [6.07, 6.45) is 2.53. The van der Waals surface area contributed by atoms with Gasteiger partial charge >= 0.3 is 0 Å². The number of carbonyl (C=O) groups excluding carboxylic acids is 1. The van der Waals surface area contributed by atoms with E-state index in [0.717, 1.165) is 23.4 Å². The van der Waals surface area contributed by atoms with Crippen molar-refractivity contribution >= 4 is 11.6 Å². The first-order chi connectivity index (χ1) is 8.50. The van der Waals surface area contributed by atoms with Gasteiger partial charge in [-0.05, 0) is 30.0 Å². The molecule has 1 aliphatic heterocycles. The highest BCUT2D eigenvalue weighted by molar-refractivity contribution is 6.09. The van der Waals surface area contributed by atoms with Gasteiger partial charge in [0.1, 0.15) is 0 Å². The van der Waals surface area contributed by atoms with Gasteiger partial charge < -0.3 is 4.90 Å². The molecule has 0 aromatic carbocycles. The summed E-state index contributed by atoms with van der Waals surface area (Å²) in [5.74, 6) is 0.330. The van der Waals surface area contributed by atoms with Crippen molar-refractivity contribution in [3.05, 3.63) is 48.3 Å². The van der Waals surface area contributed by atoms with E-state index in [9.17, 15) is 4.79 Å². The Kier molecular flexibility index (Phi) is 3.32. The topological polar surface area (TPSA) is 33.2 Å². The van der Waals surface area contributed by atoms with Crippen molar-refractivity contribution in [1.29, 1.82) is 0 Å². The molecular weight excluding hydrogens is 224 g/mol. The van der Waals surface area contributed by atoms with E-state index in [4.69, 9.17) is 0 Å². The van der Waals surface area contributed by atoms with Gasteiger partial charge in [-0.25, -0.2) is 0 Å². The summed E-state index contributed by atoms with van der Waals surface area (Å²) in [7, 11) is 0. The Morgan fingerprint density at radius 1 is 1.33 bits per heavy atom. The zero-order valence-electron chi connectivity index (χ0n) is 10.9. The maximum atomic E-state index is 12.1. The van der Waals surface area contributed by atoms with Gasteiger partial charge in [-0.15, -0.1) is 0 Å². The largest absolute Gasteiger partial charge is 0.306 e. The standard InChI is InChI=1S/C15H18N2O/c1-10(2)14-6-5-13(9-16-14)17-8-7-11(3)12(4)15(17)18/h5-6,9-10H,3-4,7-8H2,1-2H3. The Bertz CT molecular complexity index is 500. The number of aromatic nitrogens is 1. The summed E-state index contributed by atoms with van der Waals surface area (Å²) in [6, 6.07) is 3.92. The third-order valence-electron chi connectivity index (χ3n) is 3.24. The second-order valence-electron chi connectivity index (χ2n) is 4.88. The van der Waals surface area contributed by atoms with Gasteiger partial charge in [0.05, 0.1) is 11.9 Å². The molecule has 3 nitrogen and oxygen atoms in total. The molecule has 0 unspecified atom stereocenters. The van der Waals surface area contributed by atoms with Crippen molar-refractivity contribution in [3.8, 4) is 0 Å². The number of hydrogen-bond donors (Lipinski definition) is 0. The van der Waals surface area contributed by atoms with Gasteiger partial charge in [-0.1, -0.05) is 27.0 Å². The number of pyridine rings is 1. The molecule has 0 N–H and O–H groups in total. The van der Waals surface area contributed by atoms with E-state index in [2.05, 4.69) is 32.0 Å². The van der Waals surface area contributed by atoms with Crippen molar-refractivity contribution in [2.24, 2.45) is 0 Å². The molecular formula is C15H18N2O. The van der Waals surface area contributed by atoms with Gasteiger partial charge in [0.25, 0.3) is 5.91 Å². The summed E-state index contributed by atoms with van der Waals surface area (Å²) in [6.45, 7) is 12.5. The first-order valence-electron chi connectivity index (χ1n) is 6.15. The van der Waals surface area contributed by atoms with E-state index in [0.29, 0.717) is 18.0 Å². The molecule has 1 saturated heterocycles. The van der Waals surface area contributed by atoms with Crippen LogP contribution < -0.4 is 4.90 Å². The molecule has 1 amide bonds. The molecule has 0 radical (unpaired) electrons. The van der Waals surface area contributed by atoms with Crippen molar-refractivity contribution < 1.29 is 4.79 Å². The molecule has 2 heterocycles. The Labute approximate surface area is 108 Å². The number of anilines is 1. The molecule has 0 aliphatic carbocycles. The first kappa shape index (κ1) is 12.6. The molecule has 18 heavy (non-hydrogen) atoms. The first-order valence-corrected chi connectivity index (χ1v) is 6.15. The maximum absolute atomic E-state index is 12.1. The van der Waals surface area contributed by atoms with Gasteiger partial charge in [0.15, 0.2) is 0 Å². The SMILES string of the molecule is C=C1CCN(c2ccc(C(C)C)nc2)C(=O)C1=C. The summed E-state index contributed by atoms with van der Waals surface area (Å²) in [5, 5.41) is 0. The van der Waals surface area contributed by atoms with E-state index in [1.54, 1.807) is 11.1 Å². The van der Waals surface area contributed by atoms with Gasteiger partial charge in [-0.3, -0.25) is 9.78 Å². The Hall–Kier alpha value is -1.90. The molecule has 0 bridgehead atoms. The van der Waals surface area contributed by atoms with Crippen LogP contribution in [0.25, 0.3) is 0 Å². The normalized spacial score (nSPS) is 16.6. The minimum Gasteiger partial charge on any atom is -0.306 e. The number of piperidine rings is 1. The molecule has 0 saturated carbocycles. The van der Waals surface area contributed by atoms with Crippen molar-refractivity contribution in [3.63, 3.8) is 0 Å². The average molecular weight is 242 g/mol. The lowest BCUT2D eigenvalue weighted by molar-refractivity contribution is -0.115. The monoisotopic (exact) mass is 242 g/mol. The zero-order valence-corrected chi connectivity index (χ0v) is 10.9. The lowest BCUT2D eigenvalue weighted by atomic mass is 10.00. The summed E-state index contributed by atoms with van der Waals surface area (Å²) in [4.78, 5) is 18.2. The maximum Gasteiger partial charge on any atom is 0.257 e. The van der Waals surface area contributed by atoms with Crippen molar-refractivity contribution in [2.45, 2.75) is 26.2 Å². The molecule has 1 aromatic rings. The molecule has 94 valence electrons. The number of hydrogen-bond acceptors (Lipinski definition) is 2. The summed E-state index contributed by atoms with van der Waals surface area (Å²) < 4.78 is 0. The number of carbonyl (C=O) groups is 1. The highest BCUT2D eigenvalue weighted by atomic mass is 16.2. The molecule has 0 spiro atoms. The predicted molar refractivity (Wildman–Crippen MR) is 73.6 cm³/mol. The van der Waals surface area contributed by atoms with Crippen LogP contribution in [0.1, 0.15) is 31.9 Å². The highest BCUT2D eigenvalue weighted by Crippen LogP contribution is 2.26. The Morgan fingerprint density at radius 2 is 2.06 bits per heavy atom. The van der Waals surface area contributed by atoms with Crippen LogP contribution >= 0.6 is 0 Å².